The molecule has 5 N–H and O–H groups in total. The number of aliphatic hydroxyl groups is 4. The molecule has 1 aliphatic heterocycles. The second-order valence-electron chi connectivity index (χ2n) is 4.22. The van der Waals surface area contributed by atoms with E-state index < -0.39 is 43.0 Å². The zero-order valence-corrected chi connectivity index (χ0v) is 10.8. The summed E-state index contributed by atoms with van der Waals surface area (Å²) in [6.07, 6.45) is -6.26. The van der Waals surface area contributed by atoms with Gasteiger partial charge in [0, 0.05) is 14.2 Å². The van der Waals surface area contributed by atoms with E-state index in [4.69, 9.17) is 14.6 Å². The smallest absolute Gasteiger partial charge is 0.342 e. The number of hydrogen-bond acceptors (Lipinski definition) is 9. The lowest BCUT2D eigenvalue weighted by Crippen LogP contribution is -2.74. The highest BCUT2D eigenvalue weighted by molar-refractivity contribution is 5.74. The lowest BCUT2D eigenvalue weighted by atomic mass is 9.93. The molecule has 1 rings (SSSR count). The number of amides is 2. The van der Waals surface area contributed by atoms with Gasteiger partial charge in [-0.15, -0.1) is 4.91 Å². The predicted octanol–water partition coefficient (Wildman–Crippen LogP) is -2.92. The third-order valence-electron chi connectivity index (χ3n) is 2.96. The minimum atomic E-state index is -2.53. The molecule has 20 heavy (non-hydrogen) atoms. The average molecular weight is 295 g/mol. The van der Waals surface area contributed by atoms with E-state index in [0.717, 1.165) is 14.2 Å². The maximum atomic E-state index is 11.5. The molecule has 1 fully saturated rings. The number of nitrogens with zero attached hydrogens (tertiary/aromatic N) is 2. The van der Waals surface area contributed by atoms with Gasteiger partial charge in [0.1, 0.15) is 18.3 Å². The summed E-state index contributed by atoms with van der Waals surface area (Å²) in [7, 11) is 2.12. The molecule has 1 heterocycles. The van der Waals surface area contributed by atoms with Crippen LogP contribution in [0.1, 0.15) is 0 Å². The normalized spacial score (nSPS) is 37.3. The van der Waals surface area contributed by atoms with E-state index in [1.165, 1.54) is 0 Å². The van der Waals surface area contributed by atoms with Gasteiger partial charge in [-0.05, 0) is 0 Å². The maximum absolute atomic E-state index is 11.5. The quantitative estimate of drug-likeness (QED) is 0.209. The van der Waals surface area contributed by atoms with Gasteiger partial charge in [0.15, 0.2) is 0 Å². The van der Waals surface area contributed by atoms with Gasteiger partial charge in [0.2, 0.25) is 12.0 Å². The van der Waals surface area contributed by atoms with E-state index in [-0.39, 0.29) is 0 Å². The van der Waals surface area contributed by atoms with Crippen molar-refractivity contribution >= 4 is 6.03 Å². The van der Waals surface area contributed by atoms with Gasteiger partial charge in [-0.25, -0.2) is 4.79 Å². The fourth-order valence-electron chi connectivity index (χ4n) is 1.84. The molecular weight excluding hydrogens is 278 g/mol. The average Bonchev–Trinajstić information content (AvgIpc) is 2.42. The van der Waals surface area contributed by atoms with E-state index in [9.17, 15) is 25.0 Å². The molecule has 0 aliphatic carbocycles. The van der Waals surface area contributed by atoms with Crippen molar-refractivity contribution in [3.05, 3.63) is 4.91 Å². The van der Waals surface area contributed by atoms with Crippen LogP contribution in [-0.4, -0.2) is 82.6 Å². The van der Waals surface area contributed by atoms with Gasteiger partial charge in [0.25, 0.3) is 0 Å². The maximum Gasteiger partial charge on any atom is 0.342 e. The predicted molar refractivity (Wildman–Crippen MR) is 61.8 cm³/mol. The first kappa shape index (κ1) is 16.7. The molecule has 0 bridgehead atoms. The van der Waals surface area contributed by atoms with Gasteiger partial charge in [-0.3, -0.25) is 0 Å². The lowest BCUT2D eigenvalue weighted by molar-refractivity contribution is -0.338. The molecule has 0 aromatic rings. The number of nitrogens with one attached hydrogen (secondary N) is 1. The van der Waals surface area contributed by atoms with Gasteiger partial charge in [-0.1, -0.05) is 0 Å². The van der Waals surface area contributed by atoms with Crippen molar-refractivity contribution in [1.29, 1.82) is 0 Å². The molecule has 11 nitrogen and oxygen atoms in total. The van der Waals surface area contributed by atoms with Crippen molar-refractivity contribution in [2.45, 2.75) is 30.3 Å². The first-order valence-corrected chi connectivity index (χ1v) is 5.58. The van der Waals surface area contributed by atoms with Crippen LogP contribution in [0.4, 0.5) is 4.79 Å². The zero-order chi connectivity index (χ0) is 15.5. The number of carbonyl (C=O) groups is 1. The third-order valence-corrected chi connectivity index (χ3v) is 2.96. The monoisotopic (exact) mass is 295 g/mol. The number of rotatable bonds is 4. The Kier molecular flexibility index (Phi) is 5.33. The molecule has 0 radical (unpaired) electrons. The summed E-state index contributed by atoms with van der Waals surface area (Å²) in [5, 5.41) is 43.3. The minimum absolute atomic E-state index is 0.321. The summed E-state index contributed by atoms with van der Waals surface area (Å²) in [5.41, 5.74) is -2.53. The molecule has 5 atom stereocenters. The van der Waals surface area contributed by atoms with Gasteiger partial charge >= 0.3 is 6.03 Å². The van der Waals surface area contributed by atoms with Gasteiger partial charge < -0.3 is 35.2 Å². The lowest BCUT2D eigenvalue weighted by Gasteiger charge is -2.47. The van der Waals surface area contributed by atoms with Crippen LogP contribution in [0.3, 0.4) is 0 Å². The number of aliphatic hydroxyl groups excluding tert-OH is 3. The molecule has 0 aromatic heterocycles. The molecule has 1 aliphatic rings. The number of hydrogen-bond donors (Lipinski definition) is 5. The second-order valence-corrected chi connectivity index (χ2v) is 4.22. The topological polar surface area (TPSA) is 161 Å². The summed E-state index contributed by atoms with van der Waals surface area (Å²) in [6.45, 7) is -0.641. The van der Waals surface area contributed by atoms with E-state index in [0.29, 0.717) is 5.01 Å². The molecule has 116 valence electrons. The fourth-order valence-corrected chi connectivity index (χ4v) is 1.84. The Morgan fingerprint density at radius 1 is 1.55 bits per heavy atom. The molecule has 2 amide bonds. The van der Waals surface area contributed by atoms with Crippen LogP contribution in [-0.2, 0) is 9.47 Å². The number of ether oxygens (including phenoxy) is 2. The van der Waals surface area contributed by atoms with Crippen molar-refractivity contribution < 1.29 is 34.7 Å². The summed E-state index contributed by atoms with van der Waals surface area (Å²) >= 11 is 0. The van der Waals surface area contributed by atoms with Crippen LogP contribution in [0.15, 0.2) is 5.29 Å². The van der Waals surface area contributed by atoms with Crippen molar-refractivity contribution in [1.82, 2.24) is 10.3 Å². The van der Waals surface area contributed by atoms with Crippen molar-refractivity contribution in [2.24, 2.45) is 5.29 Å². The fraction of sp³-hybridized carbons (Fsp3) is 0.889. The summed E-state index contributed by atoms with van der Waals surface area (Å²) in [6, 6.07) is -1.15. The largest absolute Gasteiger partial charge is 0.394 e. The molecule has 1 unspecified atom stereocenters. The van der Waals surface area contributed by atoms with Crippen LogP contribution < -0.4 is 5.32 Å². The SMILES string of the molecule is CO[C@H]1[C@H](O)[C@@H](CO)OC(O)[C@@]1(O)NC(=O)N(C)N=O. The Balaban J connectivity index is 2.99. The first-order chi connectivity index (χ1) is 9.31. The first-order valence-electron chi connectivity index (χ1n) is 5.58. The van der Waals surface area contributed by atoms with Crippen LogP contribution in [0, 0.1) is 4.91 Å². The molecule has 0 saturated carbocycles. The summed E-state index contributed by atoms with van der Waals surface area (Å²) in [5.74, 6) is 0. The van der Waals surface area contributed by atoms with Crippen molar-refractivity contribution in [2.75, 3.05) is 20.8 Å². The minimum Gasteiger partial charge on any atom is -0.394 e. The number of nitroso groups, excluding NO2 is 1. The van der Waals surface area contributed by atoms with E-state index >= 15 is 0 Å². The van der Waals surface area contributed by atoms with Crippen molar-refractivity contribution in [3.63, 3.8) is 0 Å². The Hall–Kier alpha value is -1.37. The van der Waals surface area contributed by atoms with Gasteiger partial charge in [-0.2, -0.15) is 5.01 Å². The number of carbonyl (C=O) groups excluding carboxylic acids is 1. The Morgan fingerprint density at radius 2 is 2.15 bits per heavy atom. The molecule has 11 heteroatoms. The summed E-state index contributed by atoms with van der Waals surface area (Å²) in [4.78, 5) is 21.7. The van der Waals surface area contributed by atoms with Crippen LogP contribution in [0.2, 0.25) is 0 Å². The van der Waals surface area contributed by atoms with Gasteiger partial charge in [0.05, 0.1) is 11.9 Å². The van der Waals surface area contributed by atoms with Crippen LogP contribution in [0.5, 0.6) is 0 Å². The molecule has 1 saturated heterocycles. The Labute approximate surface area is 113 Å². The second kappa shape index (κ2) is 6.39. The molecular formula is C9H17N3O8. The number of urea groups is 1. The standard InChI is InChI=1S/C9H17N3O8/c1-12(11-18)8(16)10-9(17)6(19-2)5(14)4(3-13)20-7(9)15/h4-7,13-15,17H,3H2,1-2H3,(H,10,16)/t4-,5-,6+,7?,9-/m1/s1. The van der Waals surface area contributed by atoms with E-state index in [1.807, 2.05) is 5.32 Å². The zero-order valence-electron chi connectivity index (χ0n) is 10.8. The third kappa shape index (κ3) is 2.87. The molecule has 0 aromatic carbocycles. The summed E-state index contributed by atoms with van der Waals surface area (Å²) < 4.78 is 9.64. The number of methoxy groups -OCH3 is 1. The van der Waals surface area contributed by atoms with Crippen molar-refractivity contribution in [3.8, 4) is 0 Å². The van der Waals surface area contributed by atoms with Crippen LogP contribution in [0.25, 0.3) is 0 Å². The van der Waals surface area contributed by atoms with E-state index in [1.54, 1.807) is 0 Å². The highest BCUT2D eigenvalue weighted by atomic mass is 16.7. The van der Waals surface area contributed by atoms with Crippen LogP contribution >= 0.6 is 0 Å². The highest BCUT2D eigenvalue weighted by Crippen LogP contribution is 2.29. The van der Waals surface area contributed by atoms with E-state index in [2.05, 4.69) is 5.29 Å². The highest BCUT2D eigenvalue weighted by Gasteiger charge is 2.56. The Morgan fingerprint density at radius 3 is 2.60 bits per heavy atom. The molecule has 0 spiro atoms. The Bertz CT molecular complexity index is 369.